The Balaban J connectivity index is 2.96. The summed E-state index contributed by atoms with van der Waals surface area (Å²) in [6.07, 6.45) is 2.51. The molecule has 6 heteroatoms. The molecule has 1 unspecified atom stereocenters. The van der Waals surface area contributed by atoms with Crippen molar-refractivity contribution in [2.45, 2.75) is 31.0 Å². The van der Waals surface area contributed by atoms with E-state index < -0.39 is 4.92 Å². The molecule has 0 aliphatic rings. The summed E-state index contributed by atoms with van der Waals surface area (Å²) in [5, 5.41) is 10.9. The summed E-state index contributed by atoms with van der Waals surface area (Å²) in [7, 11) is 1.50. The van der Waals surface area contributed by atoms with Crippen molar-refractivity contribution in [1.82, 2.24) is 4.98 Å². The lowest BCUT2D eigenvalue weighted by molar-refractivity contribution is -0.385. The Morgan fingerprint density at radius 2 is 2.29 bits per heavy atom. The summed E-state index contributed by atoms with van der Waals surface area (Å²) in [5.41, 5.74) is 0.510. The standard InChI is InChI=1S/C11H15BrN2O3/c1-3-4-8(12)7-9-10(14(15)16)5-6-11(13-9)17-2/h5-6,8H,3-4,7H2,1-2H3. The van der Waals surface area contributed by atoms with Crippen LogP contribution >= 0.6 is 15.9 Å². The van der Waals surface area contributed by atoms with Crippen LogP contribution < -0.4 is 4.74 Å². The van der Waals surface area contributed by atoms with E-state index in [9.17, 15) is 10.1 Å². The van der Waals surface area contributed by atoms with E-state index in [2.05, 4.69) is 27.8 Å². The van der Waals surface area contributed by atoms with Crippen LogP contribution in [0.25, 0.3) is 0 Å². The van der Waals surface area contributed by atoms with Crippen molar-refractivity contribution in [3.8, 4) is 5.88 Å². The van der Waals surface area contributed by atoms with Gasteiger partial charge in [0.05, 0.1) is 12.0 Å². The van der Waals surface area contributed by atoms with Crippen LogP contribution in [0.15, 0.2) is 12.1 Å². The first kappa shape index (κ1) is 13.9. The monoisotopic (exact) mass is 302 g/mol. The summed E-state index contributed by atoms with van der Waals surface area (Å²) in [4.78, 5) is 14.8. The SMILES string of the molecule is CCCC(Br)Cc1nc(OC)ccc1[N+](=O)[O-]. The molecule has 0 spiro atoms. The van der Waals surface area contributed by atoms with E-state index in [0.717, 1.165) is 12.8 Å². The molecule has 1 aromatic rings. The van der Waals surface area contributed by atoms with Gasteiger partial charge >= 0.3 is 0 Å². The molecule has 0 fully saturated rings. The van der Waals surface area contributed by atoms with Gasteiger partial charge < -0.3 is 4.74 Å². The highest BCUT2D eigenvalue weighted by molar-refractivity contribution is 9.09. The molecule has 0 radical (unpaired) electrons. The highest BCUT2D eigenvalue weighted by Crippen LogP contribution is 2.24. The number of nitro groups is 1. The zero-order valence-electron chi connectivity index (χ0n) is 9.85. The topological polar surface area (TPSA) is 65.3 Å². The van der Waals surface area contributed by atoms with E-state index in [4.69, 9.17) is 4.74 Å². The fourth-order valence-corrected chi connectivity index (χ4v) is 2.29. The third kappa shape index (κ3) is 3.96. The van der Waals surface area contributed by atoms with Gasteiger partial charge in [-0.25, -0.2) is 4.98 Å². The second-order valence-corrected chi connectivity index (χ2v) is 4.96. The molecule has 1 rings (SSSR count). The van der Waals surface area contributed by atoms with Gasteiger partial charge in [0.25, 0.3) is 5.69 Å². The first-order chi connectivity index (χ1) is 8.08. The summed E-state index contributed by atoms with van der Waals surface area (Å²) in [5.74, 6) is 0.404. The third-order valence-electron chi connectivity index (χ3n) is 2.35. The highest BCUT2D eigenvalue weighted by atomic mass is 79.9. The third-order valence-corrected chi connectivity index (χ3v) is 3.13. The fraction of sp³-hybridized carbons (Fsp3) is 0.545. The summed E-state index contributed by atoms with van der Waals surface area (Å²) in [6.45, 7) is 2.07. The second-order valence-electron chi connectivity index (χ2n) is 3.67. The number of hydrogen-bond donors (Lipinski definition) is 0. The molecule has 1 atom stereocenters. The van der Waals surface area contributed by atoms with Gasteiger partial charge in [0.2, 0.25) is 5.88 Å². The molecule has 5 nitrogen and oxygen atoms in total. The number of nitrogens with zero attached hydrogens (tertiary/aromatic N) is 2. The van der Waals surface area contributed by atoms with Crippen LogP contribution in [-0.2, 0) is 6.42 Å². The minimum atomic E-state index is -0.409. The summed E-state index contributed by atoms with van der Waals surface area (Å²) >= 11 is 3.50. The maximum atomic E-state index is 10.9. The molecular weight excluding hydrogens is 288 g/mol. The first-order valence-electron chi connectivity index (χ1n) is 5.40. The highest BCUT2D eigenvalue weighted by Gasteiger charge is 2.18. The van der Waals surface area contributed by atoms with Crippen molar-refractivity contribution >= 4 is 21.6 Å². The molecule has 94 valence electrons. The molecule has 0 N–H and O–H groups in total. The molecule has 0 saturated heterocycles. The number of aromatic nitrogens is 1. The predicted octanol–water partition coefficient (Wildman–Crippen LogP) is 3.10. The van der Waals surface area contributed by atoms with Crippen molar-refractivity contribution in [1.29, 1.82) is 0 Å². The summed E-state index contributed by atoms with van der Waals surface area (Å²) in [6, 6.07) is 2.94. The molecule has 0 aliphatic heterocycles. The van der Waals surface area contributed by atoms with Crippen molar-refractivity contribution in [2.75, 3.05) is 7.11 Å². The van der Waals surface area contributed by atoms with Gasteiger partial charge in [0.15, 0.2) is 0 Å². The molecule has 0 aliphatic carbocycles. The molecule has 0 bridgehead atoms. The van der Waals surface area contributed by atoms with Crippen molar-refractivity contribution in [3.63, 3.8) is 0 Å². The maximum Gasteiger partial charge on any atom is 0.291 e. The molecular formula is C11H15BrN2O3. The van der Waals surface area contributed by atoms with Crippen LogP contribution in [0.2, 0.25) is 0 Å². The predicted molar refractivity (Wildman–Crippen MR) is 68.8 cm³/mol. The van der Waals surface area contributed by atoms with E-state index in [1.54, 1.807) is 0 Å². The van der Waals surface area contributed by atoms with E-state index in [0.29, 0.717) is 18.0 Å². The number of ether oxygens (including phenoxy) is 1. The van der Waals surface area contributed by atoms with Crippen molar-refractivity contribution in [3.05, 3.63) is 27.9 Å². The van der Waals surface area contributed by atoms with E-state index in [1.165, 1.54) is 19.2 Å². The number of pyridine rings is 1. The Morgan fingerprint density at radius 3 is 2.82 bits per heavy atom. The van der Waals surface area contributed by atoms with Gasteiger partial charge in [-0.3, -0.25) is 10.1 Å². The molecule has 17 heavy (non-hydrogen) atoms. The fourth-order valence-electron chi connectivity index (χ4n) is 1.53. The Bertz CT molecular complexity index is 398. The number of methoxy groups -OCH3 is 1. The van der Waals surface area contributed by atoms with E-state index >= 15 is 0 Å². The van der Waals surface area contributed by atoms with Gasteiger partial charge in [0, 0.05) is 23.4 Å². The minimum Gasteiger partial charge on any atom is -0.481 e. The van der Waals surface area contributed by atoms with Gasteiger partial charge in [-0.2, -0.15) is 0 Å². The van der Waals surface area contributed by atoms with Gasteiger partial charge in [0.1, 0.15) is 5.69 Å². The second kappa shape index (κ2) is 6.54. The molecule has 0 saturated carbocycles. The molecule has 0 aromatic carbocycles. The van der Waals surface area contributed by atoms with E-state index in [-0.39, 0.29) is 10.5 Å². The average molecular weight is 303 g/mol. The number of halogens is 1. The Hall–Kier alpha value is -1.17. The zero-order valence-corrected chi connectivity index (χ0v) is 11.4. The van der Waals surface area contributed by atoms with Crippen LogP contribution in [0.3, 0.4) is 0 Å². The first-order valence-corrected chi connectivity index (χ1v) is 6.32. The van der Waals surface area contributed by atoms with Gasteiger partial charge in [-0.05, 0) is 6.42 Å². The number of alkyl halides is 1. The lowest BCUT2D eigenvalue weighted by atomic mass is 10.1. The smallest absolute Gasteiger partial charge is 0.291 e. The Labute approximate surface area is 108 Å². The van der Waals surface area contributed by atoms with Gasteiger partial charge in [-0.1, -0.05) is 29.3 Å². The Morgan fingerprint density at radius 1 is 1.59 bits per heavy atom. The molecule has 1 aromatic heterocycles. The summed E-state index contributed by atoms with van der Waals surface area (Å²) < 4.78 is 4.98. The minimum absolute atomic E-state index is 0.0475. The Kier molecular flexibility index (Phi) is 5.34. The van der Waals surface area contributed by atoms with Crippen molar-refractivity contribution in [2.24, 2.45) is 0 Å². The quantitative estimate of drug-likeness (QED) is 0.460. The maximum absolute atomic E-state index is 10.9. The van der Waals surface area contributed by atoms with Crippen molar-refractivity contribution < 1.29 is 9.66 Å². The lowest BCUT2D eigenvalue weighted by Gasteiger charge is -2.09. The van der Waals surface area contributed by atoms with Crippen LogP contribution in [-0.4, -0.2) is 21.8 Å². The lowest BCUT2D eigenvalue weighted by Crippen LogP contribution is -2.07. The van der Waals surface area contributed by atoms with E-state index in [1.807, 2.05) is 0 Å². The molecule has 1 heterocycles. The normalized spacial score (nSPS) is 12.2. The largest absolute Gasteiger partial charge is 0.481 e. The van der Waals surface area contributed by atoms with Crippen LogP contribution in [0.4, 0.5) is 5.69 Å². The molecule has 0 amide bonds. The zero-order chi connectivity index (χ0) is 12.8. The van der Waals surface area contributed by atoms with Crippen LogP contribution in [0.1, 0.15) is 25.5 Å². The van der Waals surface area contributed by atoms with Crippen LogP contribution in [0, 0.1) is 10.1 Å². The van der Waals surface area contributed by atoms with Gasteiger partial charge in [-0.15, -0.1) is 0 Å². The number of hydrogen-bond acceptors (Lipinski definition) is 4. The average Bonchev–Trinajstić information content (AvgIpc) is 2.28. The number of rotatable bonds is 6. The van der Waals surface area contributed by atoms with Crippen LogP contribution in [0.5, 0.6) is 5.88 Å².